The molecule has 2 heterocycles. The molecule has 0 amide bonds. The molecular weight excluding hydrogens is 222 g/mol. The Morgan fingerprint density at radius 2 is 2.19 bits per heavy atom. The smallest absolute Gasteiger partial charge is 0.160 e. The number of hydrogen-bond acceptors (Lipinski definition) is 2. The van der Waals surface area contributed by atoms with Crippen molar-refractivity contribution < 1.29 is 0 Å². The lowest BCUT2D eigenvalue weighted by atomic mass is 10.2. The molecule has 0 aliphatic carbocycles. The quantitative estimate of drug-likeness (QED) is 0.743. The van der Waals surface area contributed by atoms with E-state index < -0.39 is 0 Å². The molecule has 0 saturated carbocycles. The van der Waals surface area contributed by atoms with Crippen LogP contribution in [0.5, 0.6) is 0 Å². The van der Waals surface area contributed by atoms with Gasteiger partial charge in [-0.1, -0.05) is 37.8 Å². The van der Waals surface area contributed by atoms with Crippen LogP contribution in [0.2, 0.25) is 5.15 Å². The van der Waals surface area contributed by atoms with Crippen molar-refractivity contribution in [2.24, 2.45) is 0 Å². The molecule has 0 aliphatic rings. The van der Waals surface area contributed by atoms with Crippen molar-refractivity contribution in [2.75, 3.05) is 0 Å². The van der Waals surface area contributed by atoms with Gasteiger partial charge in [-0.3, -0.25) is 0 Å². The summed E-state index contributed by atoms with van der Waals surface area (Å²) in [6.07, 6.45) is 8.64. The van der Waals surface area contributed by atoms with E-state index in [1.54, 1.807) is 6.20 Å². The minimum atomic E-state index is 0.459. The maximum atomic E-state index is 5.84. The van der Waals surface area contributed by atoms with Crippen LogP contribution in [0.3, 0.4) is 0 Å². The number of fused-ring (bicyclic) bond motifs is 1. The molecule has 0 radical (unpaired) electrons. The highest BCUT2D eigenvalue weighted by atomic mass is 35.5. The van der Waals surface area contributed by atoms with Crippen molar-refractivity contribution >= 4 is 22.8 Å². The first kappa shape index (κ1) is 11.4. The van der Waals surface area contributed by atoms with E-state index in [1.165, 1.54) is 25.7 Å². The molecule has 0 unspecified atom stereocenters. The van der Waals surface area contributed by atoms with E-state index in [0.717, 1.165) is 17.7 Å². The summed E-state index contributed by atoms with van der Waals surface area (Å²) in [5.74, 6) is 0. The van der Waals surface area contributed by atoms with Gasteiger partial charge in [0.15, 0.2) is 5.65 Å². The first-order valence-electron chi connectivity index (χ1n) is 5.78. The van der Waals surface area contributed by atoms with Gasteiger partial charge >= 0.3 is 0 Å². The second-order valence-electron chi connectivity index (χ2n) is 3.97. The molecule has 0 atom stereocenters. The van der Waals surface area contributed by atoms with Gasteiger partial charge in [0.2, 0.25) is 0 Å². The predicted octanol–water partition coefficient (Wildman–Crippen LogP) is 3.67. The number of nitrogens with zero attached hydrogens (tertiary/aromatic N) is 3. The summed E-state index contributed by atoms with van der Waals surface area (Å²) < 4.78 is 2.13. The number of halogens is 1. The van der Waals surface area contributed by atoms with Gasteiger partial charge in [-0.15, -0.1) is 0 Å². The van der Waals surface area contributed by atoms with Crippen LogP contribution < -0.4 is 0 Å². The number of aromatic nitrogens is 3. The second-order valence-corrected chi connectivity index (χ2v) is 4.36. The van der Waals surface area contributed by atoms with Crippen LogP contribution in [0.1, 0.15) is 32.6 Å². The Labute approximate surface area is 100 Å². The van der Waals surface area contributed by atoms with Crippen LogP contribution in [0.25, 0.3) is 11.2 Å². The molecular formula is C12H16ClN3. The maximum Gasteiger partial charge on any atom is 0.160 e. The third kappa shape index (κ3) is 2.53. The van der Waals surface area contributed by atoms with Gasteiger partial charge < -0.3 is 4.57 Å². The topological polar surface area (TPSA) is 30.7 Å². The molecule has 3 nitrogen and oxygen atoms in total. The van der Waals surface area contributed by atoms with E-state index in [2.05, 4.69) is 21.5 Å². The molecule has 2 aromatic rings. The Morgan fingerprint density at radius 3 is 3.00 bits per heavy atom. The molecule has 0 saturated heterocycles. The van der Waals surface area contributed by atoms with Gasteiger partial charge in [0, 0.05) is 12.7 Å². The molecule has 86 valence electrons. The van der Waals surface area contributed by atoms with Crippen molar-refractivity contribution in [1.82, 2.24) is 14.5 Å². The first-order valence-corrected chi connectivity index (χ1v) is 6.16. The average molecular weight is 238 g/mol. The molecule has 0 fully saturated rings. The van der Waals surface area contributed by atoms with E-state index in [4.69, 9.17) is 11.6 Å². The van der Waals surface area contributed by atoms with Crippen LogP contribution in [0.4, 0.5) is 0 Å². The fourth-order valence-electron chi connectivity index (χ4n) is 1.82. The molecule has 0 bridgehead atoms. The SMILES string of the molecule is CCCCCCn1ccc2ncc(Cl)nc21. The molecule has 2 aromatic heterocycles. The van der Waals surface area contributed by atoms with Gasteiger partial charge in [-0.2, -0.15) is 0 Å². The van der Waals surface area contributed by atoms with Crippen molar-refractivity contribution in [1.29, 1.82) is 0 Å². The molecule has 0 N–H and O–H groups in total. The lowest BCUT2D eigenvalue weighted by Crippen LogP contribution is -1.98. The summed E-state index contributed by atoms with van der Waals surface area (Å²) in [6.45, 7) is 3.22. The van der Waals surface area contributed by atoms with E-state index in [-0.39, 0.29) is 0 Å². The highest BCUT2D eigenvalue weighted by Gasteiger charge is 2.03. The van der Waals surface area contributed by atoms with Crippen LogP contribution in [0, 0.1) is 0 Å². The minimum absolute atomic E-state index is 0.459. The maximum absolute atomic E-state index is 5.84. The fraction of sp³-hybridized carbons (Fsp3) is 0.500. The predicted molar refractivity (Wildman–Crippen MR) is 66.7 cm³/mol. The summed E-state index contributed by atoms with van der Waals surface area (Å²) in [5, 5.41) is 0.459. The van der Waals surface area contributed by atoms with Gasteiger partial charge in [0.25, 0.3) is 0 Å². The van der Waals surface area contributed by atoms with Crippen LogP contribution in [-0.2, 0) is 6.54 Å². The zero-order chi connectivity index (χ0) is 11.4. The number of rotatable bonds is 5. The third-order valence-corrected chi connectivity index (χ3v) is 2.87. The zero-order valence-electron chi connectivity index (χ0n) is 9.49. The summed E-state index contributed by atoms with van der Waals surface area (Å²) in [7, 11) is 0. The Hall–Kier alpha value is -1.09. The third-order valence-electron chi connectivity index (χ3n) is 2.69. The van der Waals surface area contributed by atoms with Crippen molar-refractivity contribution in [3.63, 3.8) is 0 Å². The lowest BCUT2D eigenvalue weighted by molar-refractivity contribution is 0.591. The Kier molecular flexibility index (Phi) is 3.78. The monoisotopic (exact) mass is 237 g/mol. The van der Waals surface area contributed by atoms with E-state index in [1.807, 2.05) is 12.3 Å². The normalized spacial score (nSPS) is 11.1. The van der Waals surface area contributed by atoms with Gasteiger partial charge in [-0.05, 0) is 12.5 Å². The largest absolute Gasteiger partial charge is 0.331 e. The van der Waals surface area contributed by atoms with Crippen molar-refractivity contribution in [3.05, 3.63) is 23.6 Å². The van der Waals surface area contributed by atoms with Gasteiger partial charge in [-0.25, -0.2) is 9.97 Å². The summed E-state index contributed by atoms with van der Waals surface area (Å²) in [4.78, 5) is 8.53. The summed E-state index contributed by atoms with van der Waals surface area (Å²) >= 11 is 5.84. The van der Waals surface area contributed by atoms with E-state index in [9.17, 15) is 0 Å². The van der Waals surface area contributed by atoms with Crippen LogP contribution >= 0.6 is 11.6 Å². The minimum Gasteiger partial charge on any atom is -0.331 e. The van der Waals surface area contributed by atoms with Crippen molar-refractivity contribution in [3.8, 4) is 0 Å². The lowest BCUT2D eigenvalue weighted by Gasteiger charge is -2.03. The van der Waals surface area contributed by atoms with Crippen molar-refractivity contribution in [2.45, 2.75) is 39.2 Å². The highest BCUT2D eigenvalue weighted by molar-refractivity contribution is 6.29. The first-order chi connectivity index (χ1) is 7.81. The molecule has 0 spiro atoms. The van der Waals surface area contributed by atoms with Gasteiger partial charge in [0.1, 0.15) is 10.7 Å². The summed E-state index contributed by atoms with van der Waals surface area (Å²) in [6, 6.07) is 1.98. The van der Waals surface area contributed by atoms with E-state index >= 15 is 0 Å². The van der Waals surface area contributed by atoms with Crippen LogP contribution in [-0.4, -0.2) is 14.5 Å². The zero-order valence-corrected chi connectivity index (χ0v) is 10.2. The Morgan fingerprint density at radius 1 is 1.31 bits per heavy atom. The number of aryl methyl sites for hydroxylation is 1. The Bertz CT molecular complexity index is 464. The molecule has 16 heavy (non-hydrogen) atoms. The summed E-state index contributed by atoms with van der Waals surface area (Å²) in [5.41, 5.74) is 1.81. The molecule has 0 aliphatic heterocycles. The van der Waals surface area contributed by atoms with E-state index in [0.29, 0.717) is 5.15 Å². The average Bonchev–Trinajstić information content (AvgIpc) is 2.67. The molecule has 2 rings (SSSR count). The fourth-order valence-corrected chi connectivity index (χ4v) is 1.95. The molecule has 0 aromatic carbocycles. The standard InChI is InChI=1S/C12H16ClN3/c1-2-3-4-5-7-16-8-6-10-12(16)15-11(13)9-14-10/h6,8-9H,2-5,7H2,1H3. The number of unbranched alkanes of at least 4 members (excludes halogenated alkanes) is 3. The number of hydrogen-bond donors (Lipinski definition) is 0. The second kappa shape index (κ2) is 5.30. The van der Waals surface area contributed by atoms with Crippen LogP contribution in [0.15, 0.2) is 18.5 Å². The Balaban J connectivity index is 2.09. The van der Waals surface area contributed by atoms with Gasteiger partial charge in [0.05, 0.1) is 6.20 Å². The highest BCUT2D eigenvalue weighted by Crippen LogP contribution is 2.14. The molecule has 4 heteroatoms.